The molecule has 1 aromatic heterocycles. The first-order valence-electron chi connectivity index (χ1n) is 5.70. The predicted octanol–water partition coefficient (Wildman–Crippen LogP) is 1.62. The number of nitrogens with zero attached hydrogens (tertiary/aromatic N) is 2. The number of nitrogens with one attached hydrogen (secondary N) is 1. The van der Waals surface area contributed by atoms with Crippen molar-refractivity contribution in [3.63, 3.8) is 0 Å². The summed E-state index contributed by atoms with van der Waals surface area (Å²) in [5.74, 6) is 0.883. The van der Waals surface area contributed by atoms with Crippen molar-refractivity contribution in [2.45, 2.75) is 44.7 Å². The van der Waals surface area contributed by atoms with E-state index < -0.39 is 0 Å². The van der Waals surface area contributed by atoms with E-state index in [4.69, 9.17) is 0 Å². The van der Waals surface area contributed by atoms with Crippen LogP contribution in [0.3, 0.4) is 0 Å². The molecule has 4 nitrogen and oxygen atoms in total. The van der Waals surface area contributed by atoms with E-state index in [2.05, 4.69) is 21.8 Å². The molecule has 84 valence electrons. The number of aliphatic hydroxyl groups excluding tert-OH is 1. The number of hydrogen-bond acceptors (Lipinski definition) is 3. The second-order valence-electron chi connectivity index (χ2n) is 4.31. The summed E-state index contributed by atoms with van der Waals surface area (Å²) < 4.78 is 2.07. The molecule has 4 heteroatoms. The normalized spacial score (nSPS) is 19.3. The first kappa shape index (κ1) is 10.5. The molecule has 0 radical (unpaired) electrons. The fourth-order valence-electron chi connectivity index (χ4n) is 2.30. The van der Waals surface area contributed by atoms with E-state index in [1.54, 1.807) is 6.20 Å². The Labute approximate surface area is 90.3 Å². The second-order valence-corrected chi connectivity index (χ2v) is 4.31. The van der Waals surface area contributed by atoms with Crippen LogP contribution in [0.2, 0.25) is 0 Å². The lowest BCUT2D eigenvalue weighted by molar-refractivity contribution is 0.213. The molecule has 1 aliphatic carbocycles. The number of aryl methyl sites for hydroxylation is 1. The molecule has 15 heavy (non-hydrogen) atoms. The van der Waals surface area contributed by atoms with Gasteiger partial charge in [0.25, 0.3) is 0 Å². The summed E-state index contributed by atoms with van der Waals surface area (Å²) in [5.41, 5.74) is -0.127. The van der Waals surface area contributed by atoms with Crippen LogP contribution < -0.4 is 5.32 Å². The van der Waals surface area contributed by atoms with Crippen molar-refractivity contribution < 1.29 is 5.11 Å². The summed E-state index contributed by atoms with van der Waals surface area (Å²) in [7, 11) is 0. The highest BCUT2D eigenvalue weighted by Gasteiger charge is 2.33. The Morgan fingerprint density at radius 1 is 1.53 bits per heavy atom. The van der Waals surface area contributed by atoms with Gasteiger partial charge in [0.2, 0.25) is 5.95 Å². The van der Waals surface area contributed by atoms with Crippen LogP contribution >= 0.6 is 0 Å². The van der Waals surface area contributed by atoms with Crippen LogP contribution in [0.25, 0.3) is 0 Å². The van der Waals surface area contributed by atoms with E-state index in [1.165, 1.54) is 12.8 Å². The quantitative estimate of drug-likeness (QED) is 0.792. The van der Waals surface area contributed by atoms with E-state index in [-0.39, 0.29) is 12.1 Å². The van der Waals surface area contributed by atoms with E-state index >= 15 is 0 Å². The Hall–Kier alpha value is -1.03. The zero-order valence-corrected chi connectivity index (χ0v) is 9.24. The summed E-state index contributed by atoms with van der Waals surface area (Å²) in [4.78, 5) is 4.28. The lowest BCUT2D eigenvalue weighted by Gasteiger charge is -2.28. The summed E-state index contributed by atoms with van der Waals surface area (Å²) in [6, 6.07) is 0. The van der Waals surface area contributed by atoms with Gasteiger partial charge in [-0.3, -0.25) is 0 Å². The van der Waals surface area contributed by atoms with Gasteiger partial charge in [-0.1, -0.05) is 12.8 Å². The van der Waals surface area contributed by atoms with Crippen molar-refractivity contribution in [2.24, 2.45) is 0 Å². The Kier molecular flexibility index (Phi) is 2.95. The molecule has 1 saturated carbocycles. The predicted molar refractivity (Wildman–Crippen MR) is 59.8 cm³/mol. The second kappa shape index (κ2) is 4.23. The highest BCUT2D eigenvalue weighted by Crippen LogP contribution is 2.32. The fourth-order valence-corrected chi connectivity index (χ4v) is 2.30. The van der Waals surface area contributed by atoms with E-state index in [0.29, 0.717) is 0 Å². The van der Waals surface area contributed by atoms with Crippen molar-refractivity contribution in [2.75, 3.05) is 11.9 Å². The number of hydrogen-bond donors (Lipinski definition) is 2. The van der Waals surface area contributed by atoms with Gasteiger partial charge >= 0.3 is 0 Å². The van der Waals surface area contributed by atoms with Crippen molar-refractivity contribution in [3.8, 4) is 0 Å². The molecule has 1 fully saturated rings. The average Bonchev–Trinajstić information content (AvgIpc) is 2.88. The maximum absolute atomic E-state index is 9.48. The zero-order valence-electron chi connectivity index (χ0n) is 9.24. The molecule has 2 rings (SSSR count). The van der Waals surface area contributed by atoms with Gasteiger partial charge in [-0.05, 0) is 19.8 Å². The summed E-state index contributed by atoms with van der Waals surface area (Å²) in [5, 5.41) is 12.9. The summed E-state index contributed by atoms with van der Waals surface area (Å²) >= 11 is 0. The standard InChI is InChI=1S/C11H19N3O/c1-2-14-8-7-12-10(14)13-11(9-15)5-3-4-6-11/h7-8,15H,2-6,9H2,1H3,(H,12,13). The minimum atomic E-state index is -0.127. The molecule has 0 spiro atoms. The van der Waals surface area contributed by atoms with Gasteiger partial charge in [-0.25, -0.2) is 4.98 Å². The number of aromatic nitrogens is 2. The van der Waals surface area contributed by atoms with Crippen LogP contribution in [0.4, 0.5) is 5.95 Å². The lowest BCUT2D eigenvalue weighted by atomic mass is 9.99. The third-order valence-corrected chi connectivity index (χ3v) is 3.30. The molecular weight excluding hydrogens is 190 g/mol. The maximum atomic E-state index is 9.48. The van der Waals surface area contributed by atoms with E-state index in [0.717, 1.165) is 25.3 Å². The molecule has 1 aromatic rings. The summed E-state index contributed by atoms with van der Waals surface area (Å²) in [6.45, 7) is 3.19. The molecule has 1 heterocycles. The van der Waals surface area contributed by atoms with Crippen molar-refractivity contribution in [1.82, 2.24) is 9.55 Å². The van der Waals surface area contributed by atoms with Crippen molar-refractivity contribution in [3.05, 3.63) is 12.4 Å². The van der Waals surface area contributed by atoms with Crippen molar-refractivity contribution in [1.29, 1.82) is 0 Å². The number of aliphatic hydroxyl groups is 1. The van der Waals surface area contributed by atoms with Gasteiger partial charge < -0.3 is 15.0 Å². The van der Waals surface area contributed by atoms with Crippen LogP contribution in [-0.2, 0) is 6.54 Å². The van der Waals surface area contributed by atoms with Gasteiger partial charge in [-0.2, -0.15) is 0 Å². The first-order valence-corrected chi connectivity index (χ1v) is 5.70. The van der Waals surface area contributed by atoms with Gasteiger partial charge in [0.15, 0.2) is 0 Å². The van der Waals surface area contributed by atoms with Gasteiger partial charge in [0.1, 0.15) is 0 Å². The Morgan fingerprint density at radius 2 is 2.27 bits per heavy atom. The van der Waals surface area contributed by atoms with Gasteiger partial charge in [0.05, 0.1) is 12.1 Å². The molecule has 0 unspecified atom stereocenters. The molecule has 2 N–H and O–H groups in total. The largest absolute Gasteiger partial charge is 0.394 e. The Morgan fingerprint density at radius 3 is 2.87 bits per heavy atom. The van der Waals surface area contributed by atoms with Crippen LogP contribution in [0.5, 0.6) is 0 Å². The Bertz CT molecular complexity index is 315. The molecular formula is C11H19N3O. The molecule has 0 bridgehead atoms. The molecule has 0 atom stereocenters. The smallest absolute Gasteiger partial charge is 0.203 e. The number of anilines is 1. The lowest BCUT2D eigenvalue weighted by Crippen LogP contribution is -2.40. The molecule has 0 amide bonds. The fraction of sp³-hybridized carbons (Fsp3) is 0.727. The number of rotatable bonds is 4. The first-order chi connectivity index (χ1) is 7.29. The van der Waals surface area contributed by atoms with Crippen LogP contribution in [-0.4, -0.2) is 26.8 Å². The highest BCUT2D eigenvalue weighted by atomic mass is 16.3. The highest BCUT2D eigenvalue weighted by molar-refractivity contribution is 5.31. The number of imidazole rings is 1. The van der Waals surface area contributed by atoms with E-state index in [9.17, 15) is 5.11 Å². The molecule has 1 aliphatic rings. The maximum Gasteiger partial charge on any atom is 0.203 e. The summed E-state index contributed by atoms with van der Waals surface area (Å²) in [6.07, 6.45) is 8.23. The molecule has 0 aromatic carbocycles. The third kappa shape index (κ3) is 2.00. The van der Waals surface area contributed by atoms with Crippen molar-refractivity contribution >= 4 is 5.95 Å². The van der Waals surface area contributed by atoms with Crippen LogP contribution in [0.15, 0.2) is 12.4 Å². The Balaban J connectivity index is 2.12. The third-order valence-electron chi connectivity index (χ3n) is 3.30. The van der Waals surface area contributed by atoms with Crippen LogP contribution in [0, 0.1) is 0 Å². The topological polar surface area (TPSA) is 50.1 Å². The zero-order chi connectivity index (χ0) is 10.7. The van der Waals surface area contributed by atoms with Gasteiger partial charge in [-0.15, -0.1) is 0 Å². The minimum absolute atomic E-state index is 0.127. The SMILES string of the molecule is CCn1ccnc1NC1(CO)CCCC1. The minimum Gasteiger partial charge on any atom is -0.394 e. The average molecular weight is 209 g/mol. The van der Waals surface area contributed by atoms with Gasteiger partial charge in [0, 0.05) is 18.9 Å². The monoisotopic (exact) mass is 209 g/mol. The molecule has 0 aliphatic heterocycles. The van der Waals surface area contributed by atoms with E-state index in [1.807, 2.05) is 6.20 Å². The molecule has 0 saturated heterocycles. The van der Waals surface area contributed by atoms with Crippen LogP contribution in [0.1, 0.15) is 32.6 Å².